The zero-order valence-corrected chi connectivity index (χ0v) is 17.9. The van der Waals surface area contributed by atoms with E-state index >= 15 is 0 Å². The third kappa shape index (κ3) is 3.80. The predicted molar refractivity (Wildman–Crippen MR) is 115 cm³/mol. The van der Waals surface area contributed by atoms with E-state index in [0.29, 0.717) is 10.8 Å². The van der Waals surface area contributed by atoms with Crippen LogP contribution in [-0.2, 0) is 15.6 Å². The maximum atomic E-state index is 13.3. The third-order valence-corrected chi connectivity index (χ3v) is 8.16. The van der Waals surface area contributed by atoms with Gasteiger partial charge in [-0.1, -0.05) is 47.1 Å². The molecule has 0 radical (unpaired) electrons. The molecule has 2 atom stereocenters. The van der Waals surface area contributed by atoms with Crippen LogP contribution in [0.1, 0.15) is 16.7 Å². The van der Waals surface area contributed by atoms with E-state index in [2.05, 4.69) is 11.0 Å². The van der Waals surface area contributed by atoms with E-state index < -0.39 is 9.84 Å². The highest BCUT2D eigenvalue weighted by Crippen LogP contribution is 2.38. The lowest BCUT2D eigenvalue weighted by Gasteiger charge is -2.28. The van der Waals surface area contributed by atoms with Crippen molar-refractivity contribution in [3.63, 3.8) is 0 Å². The molecule has 0 spiro atoms. The SMILES string of the molecule is Cc1ccc(N2C(SCc3ccc(F)cc3Cl)=N[C@@H]3CS(=O)(=O)C[C@@H]32)c(C)c1. The largest absolute Gasteiger partial charge is 0.315 e. The summed E-state index contributed by atoms with van der Waals surface area (Å²) in [7, 11) is -3.09. The summed E-state index contributed by atoms with van der Waals surface area (Å²) >= 11 is 7.66. The Hall–Kier alpha value is -1.57. The number of amidine groups is 1. The van der Waals surface area contributed by atoms with Crippen LogP contribution in [0.3, 0.4) is 0 Å². The molecule has 4 nitrogen and oxygen atoms in total. The number of sulfone groups is 1. The Labute approximate surface area is 173 Å². The molecule has 2 aliphatic heterocycles. The molecule has 0 N–H and O–H groups in total. The minimum absolute atomic E-state index is 0.0838. The lowest BCUT2D eigenvalue weighted by atomic mass is 10.1. The summed E-state index contributed by atoms with van der Waals surface area (Å²) < 4.78 is 37.6. The van der Waals surface area contributed by atoms with Gasteiger partial charge in [0.1, 0.15) is 5.82 Å². The molecular formula is C20H20ClFN2O2S2. The van der Waals surface area contributed by atoms with Crippen molar-refractivity contribution in [3.8, 4) is 0 Å². The van der Waals surface area contributed by atoms with E-state index in [-0.39, 0.29) is 29.4 Å². The molecule has 148 valence electrons. The zero-order valence-electron chi connectivity index (χ0n) is 15.5. The fourth-order valence-electron chi connectivity index (χ4n) is 3.77. The summed E-state index contributed by atoms with van der Waals surface area (Å²) in [6.07, 6.45) is 0. The van der Waals surface area contributed by atoms with E-state index in [1.165, 1.54) is 23.9 Å². The Morgan fingerprint density at radius 1 is 1.21 bits per heavy atom. The van der Waals surface area contributed by atoms with Crippen molar-refractivity contribution < 1.29 is 12.8 Å². The van der Waals surface area contributed by atoms with Gasteiger partial charge in [-0.2, -0.15) is 0 Å². The third-order valence-electron chi connectivity index (χ3n) is 5.09. The maximum absolute atomic E-state index is 13.3. The molecule has 2 heterocycles. The lowest BCUT2D eigenvalue weighted by Crippen LogP contribution is -2.39. The number of thioether (sulfide) groups is 1. The summed E-state index contributed by atoms with van der Waals surface area (Å²) in [6.45, 7) is 4.06. The van der Waals surface area contributed by atoms with E-state index in [9.17, 15) is 12.8 Å². The zero-order chi connectivity index (χ0) is 20.1. The minimum atomic E-state index is -3.09. The number of hydrogen-bond donors (Lipinski definition) is 0. The highest BCUT2D eigenvalue weighted by Gasteiger charge is 2.47. The summed E-state index contributed by atoms with van der Waals surface area (Å²) in [6, 6.07) is 10.1. The van der Waals surface area contributed by atoms with Crippen LogP contribution in [0.15, 0.2) is 41.4 Å². The van der Waals surface area contributed by atoms with Gasteiger partial charge in [-0.05, 0) is 43.2 Å². The summed E-state index contributed by atoms with van der Waals surface area (Å²) in [5, 5.41) is 1.17. The van der Waals surface area contributed by atoms with E-state index in [0.717, 1.165) is 27.5 Å². The van der Waals surface area contributed by atoms with Crippen molar-refractivity contribution in [2.24, 2.45) is 4.99 Å². The van der Waals surface area contributed by atoms with Gasteiger partial charge in [-0.15, -0.1) is 0 Å². The van der Waals surface area contributed by atoms with E-state index in [1.807, 2.05) is 26.0 Å². The second-order valence-corrected chi connectivity index (χ2v) is 10.8. The molecule has 1 saturated heterocycles. The first-order chi connectivity index (χ1) is 13.2. The first-order valence-corrected chi connectivity index (χ1v) is 12.1. The molecule has 8 heteroatoms. The van der Waals surface area contributed by atoms with Gasteiger partial charge in [0.05, 0.1) is 23.6 Å². The monoisotopic (exact) mass is 438 g/mol. The Balaban J connectivity index is 1.65. The second kappa shape index (κ2) is 7.35. The number of rotatable bonds is 3. The molecule has 4 rings (SSSR count). The molecule has 2 aromatic rings. The number of fused-ring (bicyclic) bond motifs is 1. The summed E-state index contributed by atoms with van der Waals surface area (Å²) in [5.74, 6) is 0.357. The molecule has 0 amide bonds. The normalized spacial score (nSPS) is 23.0. The minimum Gasteiger partial charge on any atom is -0.315 e. The average Bonchev–Trinajstić information content (AvgIpc) is 3.06. The standard InChI is InChI=1S/C20H20ClFN2O2S2/c1-12-3-6-18(13(2)7-12)24-19-11-28(25,26)10-17(19)23-20(24)27-9-14-4-5-15(22)8-16(14)21/h3-8,17,19H,9-11H2,1-2H3/t17-,19+/m1/s1. The first-order valence-electron chi connectivity index (χ1n) is 8.95. The van der Waals surface area contributed by atoms with E-state index in [4.69, 9.17) is 16.6 Å². The fraction of sp³-hybridized carbons (Fsp3) is 0.350. The van der Waals surface area contributed by atoms with Crippen LogP contribution in [0, 0.1) is 19.7 Å². The van der Waals surface area contributed by atoms with Crippen LogP contribution in [0.25, 0.3) is 0 Å². The van der Waals surface area contributed by atoms with Crippen molar-refractivity contribution >= 4 is 44.1 Å². The van der Waals surface area contributed by atoms with Crippen LogP contribution in [0.4, 0.5) is 10.1 Å². The Kier molecular flexibility index (Phi) is 5.18. The number of anilines is 1. The van der Waals surface area contributed by atoms with Gasteiger partial charge in [0.15, 0.2) is 15.0 Å². The molecule has 0 aromatic heterocycles. The quantitative estimate of drug-likeness (QED) is 0.713. The van der Waals surface area contributed by atoms with Gasteiger partial charge < -0.3 is 4.90 Å². The molecule has 28 heavy (non-hydrogen) atoms. The molecule has 2 aliphatic rings. The predicted octanol–water partition coefficient (Wildman–Crippen LogP) is 4.37. The van der Waals surface area contributed by atoms with Crippen molar-refractivity contribution in [2.75, 3.05) is 16.4 Å². The van der Waals surface area contributed by atoms with Gasteiger partial charge >= 0.3 is 0 Å². The molecular weight excluding hydrogens is 419 g/mol. The summed E-state index contributed by atoms with van der Waals surface area (Å²) in [5.41, 5.74) is 4.03. The van der Waals surface area contributed by atoms with Crippen molar-refractivity contribution in [1.29, 1.82) is 0 Å². The van der Waals surface area contributed by atoms with Crippen molar-refractivity contribution in [1.82, 2.24) is 0 Å². The van der Waals surface area contributed by atoms with Crippen LogP contribution >= 0.6 is 23.4 Å². The maximum Gasteiger partial charge on any atom is 0.164 e. The Bertz CT molecular complexity index is 1070. The topological polar surface area (TPSA) is 49.7 Å². The first kappa shape index (κ1) is 19.7. The van der Waals surface area contributed by atoms with Gasteiger partial charge in [0.2, 0.25) is 0 Å². The highest BCUT2D eigenvalue weighted by molar-refractivity contribution is 8.13. The van der Waals surface area contributed by atoms with Crippen LogP contribution < -0.4 is 4.90 Å². The van der Waals surface area contributed by atoms with Crippen LogP contribution in [0.2, 0.25) is 5.02 Å². The van der Waals surface area contributed by atoms with Crippen molar-refractivity contribution in [3.05, 3.63) is 63.9 Å². The number of hydrogen-bond acceptors (Lipinski definition) is 5. The number of aryl methyl sites for hydroxylation is 2. The molecule has 1 fully saturated rings. The van der Waals surface area contributed by atoms with Gasteiger partial charge in [0.25, 0.3) is 0 Å². The molecule has 0 aliphatic carbocycles. The van der Waals surface area contributed by atoms with Gasteiger partial charge in [-0.25, -0.2) is 12.8 Å². The van der Waals surface area contributed by atoms with Crippen LogP contribution in [0.5, 0.6) is 0 Å². The Morgan fingerprint density at radius 3 is 2.71 bits per heavy atom. The molecule has 0 unspecified atom stereocenters. The Morgan fingerprint density at radius 2 is 2.00 bits per heavy atom. The fourth-order valence-corrected chi connectivity index (χ4v) is 7.05. The highest BCUT2D eigenvalue weighted by atomic mass is 35.5. The molecule has 0 saturated carbocycles. The number of benzene rings is 2. The number of halogens is 2. The lowest BCUT2D eigenvalue weighted by molar-refractivity contribution is 0.601. The van der Waals surface area contributed by atoms with Crippen molar-refractivity contribution in [2.45, 2.75) is 31.7 Å². The van der Waals surface area contributed by atoms with E-state index in [1.54, 1.807) is 6.07 Å². The van der Waals surface area contributed by atoms with Gasteiger partial charge in [-0.3, -0.25) is 4.99 Å². The van der Waals surface area contributed by atoms with Gasteiger partial charge in [0, 0.05) is 16.5 Å². The summed E-state index contributed by atoms with van der Waals surface area (Å²) in [4.78, 5) is 6.80. The molecule has 2 aromatic carbocycles. The second-order valence-electron chi connectivity index (χ2n) is 7.31. The van der Waals surface area contributed by atoms with Crippen LogP contribution in [-0.4, -0.2) is 37.2 Å². The molecule has 0 bridgehead atoms. The number of nitrogens with zero attached hydrogens (tertiary/aromatic N) is 2. The smallest absolute Gasteiger partial charge is 0.164 e. The number of aliphatic imine (C=N–C) groups is 1. The average molecular weight is 439 g/mol.